The molecule has 1 fully saturated rings. The number of benzene rings is 1. The molecule has 1 unspecified atom stereocenters. The number of hydrogen-bond acceptors (Lipinski definition) is 4. The fourth-order valence-corrected chi connectivity index (χ4v) is 2.31. The summed E-state index contributed by atoms with van der Waals surface area (Å²) < 4.78 is 5.22. The van der Waals surface area contributed by atoms with Gasteiger partial charge in [-0.1, -0.05) is 35.5 Å². The minimum Gasteiger partial charge on any atom is -0.354 e. The highest BCUT2D eigenvalue weighted by Gasteiger charge is 2.29. The number of anilines is 1. The van der Waals surface area contributed by atoms with Crippen molar-refractivity contribution in [2.75, 3.05) is 18.4 Å². The molecule has 1 aliphatic rings. The van der Waals surface area contributed by atoms with Crippen molar-refractivity contribution in [1.82, 2.24) is 15.4 Å². The van der Waals surface area contributed by atoms with E-state index >= 15 is 0 Å². The van der Waals surface area contributed by atoms with E-state index in [1.165, 1.54) is 4.90 Å². The van der Waals surface area contributed by atoms with E-state index in [2.05, 4.69) is 15.8 Å². The second kappa shape index (κ2) is 5.88. The van der Waals surface area contributed by atoms with E-state index in [4.69, 9.17) is 4.52 Å². The van der Waals surface area contributed by atoms with Crippen molar-refractivity contribution in [1.29, 1.82) is 0 Å². The zero-order valence-corrected chi connectivity index (χ0v) is 12.1. The van der Waals surface area contributed by atoms with Crippen LogP contribution < -0.4 is 10.6 Å². The van der Waals surface area contributed by atoms with Crippen LogP contribution in [-0.2, 0) is 4.79 Å². The first-order valence-corrected chi connectivity index (χ1v) is 7.02. The first kappa shape index (κ1) is 14.1. The molecule has 0 spiro atoms. The molecule has 0 aliphatic carbocycles. The topological polar surface area (TPSA) is 87.5 Å². The first-order chi connectivity index (χ1) is 10.6. The van der Waals surface area contributed by atoms with E-state index < -0.39 is 6.04 Å². The molecule has 1 aliphatic heterocycles. The molecule has 2 heterocycles. The average molecular weight is 300 g/mol. The summed E-state index contributed by atoms with van der Waals surface area (Å²) in [5.41, 5.74) is 0.876. The molecule has 7 nitrogen and oxygen atoms in total. The lowest BCUT2D eigenvalue weighted by Crippen LogP contribution is -2.56. The van der Waals surface area contributed by atoms with E-state index in [1.807, 2.05) is 30.3 Å². The van der Waals surface area contributed by atoms with E-state index in [9.17, 15) is 9.59 Å². The van der Waals surface area contributed by atoms with Gasteiger partial charge in [0.05, 0.1) is 0 Å². The Bertz CT molecular complexity index is 683. The predicted molar refractivity (Wildman–Crippen MR) is 80.1 cm³/mol. The molecule has 22 heavy (non-hydrogen) atoms. The molecule has 1 aromatic carbocycles. The number of carbonyl (C=O) groups excluding carboxylic acids is 2. The summed E-state index contributed by atoms with van der Waals surface area (Å²) in [5.74, 6) is 0.730. The Morgan fingerprint density at radius 2 is 2.18 bits per heavy atom. The van der Waals surface area contributed by atoms with Gasteiger partial charge in [-0.15, -0.1) is 0 Å². The number of urea groups is 1. The minimum atomic E-state index is -0.505. The van der Waals surface area contributed by atoms with E-state index in [0.29, 0.717) is 24.7 Å². The Labute approximate surface area is 127 Å². The van der Waals surface area contributed by atoms with Gasteiger partial charge >= 0.3 is 6.03 Å². The molecule has 2 aromatic rings. The van der Waals surface area contributed by atoms with Gasteiger partial charge in [0.25, 0.3) is 0 Å². The fraction of sp³-hybridized carbons (Fsp3) is 0.267. The zero-order chi connectivity index (χ0) is 15.5. The smallest absolute Gasteiger partial charge is 0.323 e. The Balaban J connectivity index is 1.70. The van der Waals surface area contributed by atoms with Crippen LogP contribution in [0.1, 0.15) is 6.92 Å². The number of aromatic nitrogens is 1. The van der Waals surface area contributed by atoms with Crippen LogP contribution in [0.5, 0.6) is 0 Å². The summed E-state index contributed by atoms with van der Waals surface area (Å²) in [6, 6.07) is 10.3. The average Bonchev–Trinajstić information content (AvgIpc) is 2.99. The third-order valence-corrected chi connectivity index (χ3v) is 3.56. The van der Waals surface area contributed by atoms with Gasteiger partial charge in [-0.2, -0.15) is 0 Å². The number of rotatable bonds is 2. The van der Waals surface area contributed by atoms with Crippen LogP contribution >= 0.6 is 0 Å². The molecule has 3 amide bonds. The molecule has 3 rings (SSSR count). The van der Waals surface area contributed by atoms with Crippen molar-refractivity contribution in [3.63, 3.8) is 0 Å². The molecule has 1 aromatic heterocycles. The summed E-state index contributed by atoms with van der Waals surface area (Å²) in [4.78, 5) is 25.3. The second-order valence-corrected chi connectivity index (χ2v) is 5.03. The van der Waals surface area contributed by atoms with Crippen molar-refractivity contribution >= 4 is 17.8 Å². The van der Waals surface area contributed by atoms with Crippen LogP contribution in [0, 0.1) is 0 Å². The maximum atomic E-state index is 12.2. The SMILES string of the molecule is CC1C(=O)NCCN1C(=O)Nc1cc(-c2ccccc2)on1. The number of piperazine rings is 1. The molecule has 1 saturated heterocycles. The maximum Gasteiger partial charge on any atom is 0.323 e. The zero-order valence-electron chi connectivity index (χ0n) is 12.1. The lowest BCUT2D eigenvalue weighted by Gasteiger charge is -2.32. The van der Waals surface area contributed by atoms with Gasteiger partial charge in [-0.25, -0.2) is 4.79 Å². The van der Waals surface area contributed by atoms with E-state index in [-0.39, 0.29) is 11.9 Å². The fourth-order valence-electron chi connectivity index (χ4n) is 2.31. The van der Waals surface area contributed by atoms with Crippen molar-refractivity contribution in [3.8, 4) is 11.3 Å². The molecule has 0 bridgehead atoms. The number of amides is 3. The molecule has 7 heteroatoms. The number of nitrogens with zero attached hydrogens (tertiary/aromatic N) is 2. The summed E-state index contributed by atoms with van der Waals surface area (Å²) in [6.45, 7) is 2.60. The van der Waals surface area contributed by atoms with Crippen molar-refractivity contribution in [2.24, 2.45) is 0 Å². The minimum absolute atomic E-state index is 0.161. The number of nitrogens with one attached hydrogen (secondary N) is 2. The summed E-state index contributed by atoms with van der Waals surface area (Å²) in [6.07, 6.45) is 0. The Kier molecular flexibility index (Phi) is 3.78. The molecule has 1 atom stereocenters. The summed E-state index contributed by atoms with van der Waals surface area (Å²) in [5, 5.41) is 9.20. The van der Waals surface area contributed by atoms with Gasteiger partial charge in [0.15, 0.2) is 11.6 Å². The van der Waals surface area contributed by atoms with Gasteiger partial charge in [-0.3, -0.25) is 10.1 Å². The van der Waals surface area contributed by atoms with Gasteiger partial charge in [0.2, 0.25) is 5.91 Å². The maximum absolute atomic E-state index is 12.2. The quantitative estimate of drug-likeness (QED) is 0.883. The van der Waals surface area contributed by atoms with E-state index in [1.54, 1.807) is 13.0 Å². The molecule has 0 saturated carbocycles. The highest BCUT2D eigenvalue weighted by Crippen LogP contribution is 2.22. The van der Waals surface area contributed by atoms with Gasteiger partial charge < -0.3 is 14.7 Å². The Hall–Kier alpha value is -2.83. The molecular formula is C15H16N4O3. The summed E-state index contributed by atoms with van der Waals surface area (Å²) in [7, 11) is 0. The Morgan fingerprint density at radius 3 is 2.95 bits per heavy atom. The third kappa shape index (κ3) is 2.78. The van der Waals surface area contributed by atoms with Crippen molar-refractivity contribution in [3.05, 3.63) is 36.4 Å². The standard InChI is InChI=1S/C15H16N4O3/c1-10-14(20)16-7-8-19(10)15(21)17-13-9-12(22-18-13)11-5-3-2-4-6-11/h2-6,9-10H,7-8H2,1H3,(H,16,20)(H,17,18,21). The lowest BCUT2D eigenvalue weighted by molar-refractivity contribution is -0.126. The van der Waals surface area contributed by atoms with Crippen molar-refractivity contribution in [2.45, 2.75) is 13.0 Å². The molecule has 0 radical (unpaired) electrons. The first-order valence-electron chi connectivity index (χ1n) is 7.02. The monoisotopic (exact) mass is 300 g/mol. The van der Waals surface area contributed by atoms with Crippen LogP contribution in [-0.4, -0.2) is 41.1 Å². The van der Waals surface area contributed by atoms with E-state index in [0.717, 1.165) is 5.56 Å². The summed E-state index contributed by atoms with van der Waals surface area (Å²) >= 11 is 0. The molecule has 2 N–H and O–H groups in total. The van der Waals surface area contributed by atoms with Crippen LogP contribution in [0.2, 0.25) is 0 Å². The molecular weight excluding hydrogens is 284 g/mol. The van der Waals surface area contributed by atoms with Gasteiger partial charge in [0.1, 0.15) is 6.04 Å². The number of hydrogen-bond donors (Lipinski definition) is 2. The largest absolute Gasteiger partial charge is 0.354 e. The molecule has 114 valence electrons. The van der Waals surface area contributed by atoms with Crippen LogP contribution in [0.3, 0.4) is 0 Å². The predicted octanol–water partition coefficient (Wildman–Crippen LogP) is 1.69. The second-order valence-electron chi connectivity index (χ2n) is 5.03. The third-order valence-electron chi connectivity index (χ3n) is 3.56. The van der Waals surface area contributed by atoms with Crippen molar-refractivity contribution < 1.29 is 14.1 Å². The normalized spacial score (nSPS) is 18.0. The lowest BCUT2D eigenvalue weighted by atomic mass is 10.2. The highest BCUT2D eigenvalue weighted by atomic mass is 16.5. The van der Waals surface area contributed by atoms with Gasteiger partial charge in [0, 0.05) is 24.7 Å². The van der Waals surface area contributed by atoms with Crippen LogP contribution in [0.25, 0.3) is 11.3 Å². The highest BCUT2D eigenvalue weighted by molar-refractivity contribution is 5.94. The van der Waals surface area contributed by atoms with Crippen LogP contribution in [0.15, 0.2) is 40.9 Å². The van der Waals surface area contributed by atoms with Crippen LogP contribution in [0.4, 0.5) is 10.6 Å². The number of carbonyl (C=O) groups is 2. The Morgan fingerprint density at radius 1 is 1.41 bits per heavy atom. The van der Waals surface area contributed by atoms with Gasteiger partial charge in [-0.05, 0) is 6.92 Å².